The highest BCUT2D eigenvalue weighted by Crippen LogP contribution is 2.29. The summed E-state index contributed by atoms with van der Waals surface area (Å²) < 4.78 is 0. The third-order valence-corrected chi connectivity index (χ3v) is 4.46. The molecule has 100 valence electrons. The van der Waals surface area contributed by atoms with Gasteiger partial charge in [-0.1, -0.05) is 40.0 Å². The normalized spacial score (nSPS) is 25.8. The highest BCUT2D eigenvalue weighted by atomic mass is 16.4. The second-order valence-corrected chi connectivity index (χ2v) is 5.38. The van der Waals surface area contributed by atoms with Crippen molar-refractivity contribution < 1.29 is 9.90 Å². The molecule has 0 aliphatic heterocycles. The zero-order chi connectivity index (χ0) is 12.9. The highest BCUT2D eigenvalue weighted by molar-refractivity contribution is 5.78. The van der Waals surface area contributed by atoms with Crippen LogP contribution in [0.4, 0.5) is 0 Å². The Kier molecular flexibility index (Phi) is 5.44. The number of hydrogen-bond donors (Lipinski definition) is 2. The molecule has 1 aliphatic rings. The van der Waals surface area contributed by atoms with E-state index in [1.165, 1.54) is 19.3 Å². The lowest BCUT2D eigenvalue weighted by atomic mass is 9.82. The van der Waals surface area contributed by atoms with Gasteiger partial charge in [-0.25, -0.2) is 0 Å². The van der Waals surface area contributed by atoms with Gasteiger partial charge in [-0.3, -0.25) is 10.1 Å². The lowest BCUT2D eigenvalue weighted by Gasteiger charge is -2.37. The summed E-state index contributed by atoms with van der Waals surface area (Å²) in [6.07, 6.45) is 7.36. The van der Waals surface area contributed by atoms with Crippen LogP contribution in [0, 0.1) is 5.92 Å². The van der Waals surface area contributed by atoms with E-state index in [4.69, 9.17) is 0 Å². The van der Waals surface area contributed by atoms with Gasteiger partial charge in [-0.2, -0.15) is 0 Å². The number of carbonyl (C=O) groups is 1. The molecule has 2 unspecified atom stereocenters. The molecule has 0 radical (unpaired) electrons. The van der Waals surface area contributed by atoms with Crippen LogP contribution in [0.2, 0.25) is 0 Å². The van der Waals surface area contributed by atoms with Crippen molar-refractivity contribution in [1.29, 1.82) is 0 Å². The lowest BCUT2D eigenvalue weighted by molar-refractivity contribution is -0.145. The molecule has 0 aromatic heterocycles. The van der Waals surface area contributed by atoms with Crippen LogP contribution in [0.15, 0.2) is 0 Å². The third kappa shape index (κ3) is 3.44. The fraction of sp³-hybridized carbons (Fsp3) is 0.929. The molecule has 1 aliphatic carbocycles. The van der Waals surface area contributed by atoms with Gasteiger partial charge in [0.2, 0.25) is 0 Å². The predicted molar refractivity (Wildman–Crippen MR) is 70.1 cm³/mol. The van der Waals surface area contributed by atoms with Crippen molar-refractivity contribution in [1.82, 2.24) is 5.32 Å². The zero-order valence-electron chi connectivity index (χ0n) is 11.5. The van der Waals surface area contributed by atoms with Gasteiger partial charge in [0.15, 0.2) is 0 Å². The monoisotopic (exact) mass is 241 g/mol. The van der Waals surface area contributed by atoms with Crippen LogP contribution in [0.1, 0.15) is 65.7 Å². The highest BCUT2D eigenvalue weighted by Gasteiger charge is 2.37. The predicted octanol–water partition coefficient (Wildman–Crippen LogP) is 3.19. The summed E-state index contributed by atoms with van der Waals surface area (Å²) in [7, 11) is 0. The number of hydrogen-bond acceptors (Lipinski definition) is 2. The molecule has 0 heterocycles. The third-order valence-electron chi connectivity index (χ3n) is 4.46. The van der Waals surface area contributed by atoms with Crippen LogP contribution in [-0.2, 0) is 4.79 Å². The average molecular weight is 241 g/mol. The van der Waals surface area contributed by atoms with E-state index in [1.807, 2.05) is 13.8 Å². The van der Waals surface area contributed by atoms with E-state index < -0.39 is 11.5 Å². The number of nitrogens with one attached hydrogen (secondary N) is 1. The quantitative estimate of drug-likeness (QED) is 0.751. The van der Waals surface area contributed by atoms with Crippen molar-refractivity contribution >= 4 is 5.97 Å². The van der Waals surface area contributed by atoms with Crippen molar-refractivity contribution in [2.75, 3.05) is 0 Å². The smallest absolute Gasteiger partial charge is 0.323 e. The molecule has 17 heavy (non-hydrogen) atoms. The Hall–Kier alpha value is -0.570. The molecule has 0 saturated heterocycles. The average Bonchev–Trinajstić information content (AvgIpc) is 2.36. The Balaban J connectivity index is 2.63. The molecule has 2 atom stereocenters. The maximum absolute atomic E-state index is 11.4. The van der Waals surface area contributed by atoms with Crippen LogP contribution in [-0.4, -0.2) is 22.7 Å². The van der Waals surface area contributed by atoms with Crippen LogP contribution in [0.25, 0.3) is 0 Å². The minimum Gasteiger partial charge on any atom is -0.480 e. The molecule has 2 N–H and O–H groups in total. The van der Waals surface area contributed by atoms with Gasteiger partial charge >= 0.3 is 5.97 Å². The van der Waals surface area contributed by atoms with E-state index in [0.29, 0.717) is 18.9 Å². The summed E-state index contributed by atoms with van der Waals surface area (Å²) in [5.74, 6) is 0.0857. The van der Waals surface area contributed by atoms with Gasteiger partial charge in [0.05, 0.1) is 0 Å². The van der Waals surface area contributed by atoms with E-state index in [-0.39, 0.29) is 0 Å². The fourth-order valence-electron chi connectivity index (χ4n) is 3.00. The Bertz CT molecular complexity index is 249. The second-order valence-electron chi connectivity index (χ2n) is 5.38. The zero-order valence-corrected chi connectivity index (χ0v) is 11.5. The summed E-state index contributed by atoms with van der Waals surface area (Å²) in [6.45, 7) is 6.16. The molecule has 0 aromatic carbocycles. The Labute approximate surface area is 105 Å². The Morgan fingerprint density at radius 3 is 2.41 bits per heavy atom. The summed E-state index contributed by atoms with van der Waals surface area (Å²) in [5, 5.41) is 12.8. The molecule has 0 bridgehead atoms. The van der Waals surface area contributed by atoms with Crippen LogP contribution in [0.3, 0.4) is 0 Å². The van der Waals surface area contributed by atoms with E-state index in [2.05, 4.69) is 12.2 Å². The topological polar surface area (TPSA) is 49.3 Å². The SMILES string of the molecule is CCC1CCCC(NC(CC)(CC)C(=O)O)C1. The number of aliphatic carboxylic acids is 1. The van der Waals surface area contributed by atoms with Crippen LogP contribution in [0.5, 0.6) is 0 Å². The fourth-order valence-corrected chi connectivity index (χ4v) is 3.00. The van der Waals surface area contributed by atoms with Gasteiger partial charge in [0.1, 0.15) is 5.54 Å². The molecule has 0 spiro atoms. The molecule has 1 saturated carbocycles. The lowest BCUT2D eigenvalue weighted by Crippen LogP contribution is -2.56. The first kappa shape index (κ1) is 14.5. The minimum absolute atomic E-state index is 0.393. The first-order chi connectivity index (χ1) is 8.07. The molecular formula is C14H27NO2. The van der Waals surface area contributed by atoms with Crippen molar-refractivity contribution in [2.45, 2.75) is 77.3 Å². The number of rotatable bonds is 6. The first-order valence-electron chi connectivity index (χ1n) is 7.09. The molecule has 3 nitrogen and oxygen atoms in total. The van der Waals surface area contributed by atoms with Gasteiger partial charge in [0.25, 0.3) is 0 Å². The summed E-state index contributed by atoms with van der Waals surface area (Å²) >= 11 is 0. The molecule has 1 rings (SSSR count). The maximum atomic E-state index is 11.4. The van der Waals surface area contributed by atoms with E-state index in [9.17, 15) is 9.90 Å². The Morgan fingerprint density at radius 2 is 1.94 bits per heavy atom. The standard InChI is InChI=1S/C14H27NO2/c1-4-11-8-7-9-12(10-11)15-14(5-2,6-3)13(16)17/h11-12,15H,4-10H2,1-3H3,(H,16,17). The van der Waals surface area contributed by atoms with E-state index in [0.717, 1.165) is 18.8 Å². The van der Waals surface area contributed by atoms with Crippen molar-refractivity contribution in [3.05, 3.63) is 0 Å². The van der Waals surface area contributed by atoms with Crippen molar-refractivity contribution in [3.8, 4) is 0 Å². The molecule has 3 heteroatoms. The molecular weight excluding hydrogens is 214 g/mol. The van der Waals surface area contributed by atoms with Crippen molar-refractivity contribution in [3.63, 3.8) is 0 Å². The second kappa shape index (κ2) is 6.39. The van der Waals surface area contributed by atoms with Gasteiger partial charge < -0.3 is 5.11 Å². The summed E-state index contributed by atoms with van der Waals surface area (Å²) in [5.41, 5.74) is -0.708. The van der Waals surface area contributed by atoms with Crippen molar-refractivity contribution in [2.24, 2.45) is 5.92 Å². The largest absolute Gasteiger partial charge is 0.480 e. The molecule has 0 amide bonds. The van der Waals surface area contributed by atoms with E-state index in [1.54, 1.807) is 0 Å². The van der Waals surface area contributed by atoms with Gasteiger partial charge in [-0.15, -0.1) is 0 Å². The molecule has 1 fully saturated rings. The van der Waals surface area contributed by atoms with E-state index >= 15 is 0 Å². The van der Waals surface area contributed by atoms with Crippen LogP contribution >= 0.6 is 0 Å². The summed E-state index contributed by atoms with van der Waals surface area (Å²) in [6, 6.07) is 0.393. The van der Waals surface area contributed by atoms with Gasteiger partial charge in [-0.05, 0) is 31.6 Å². The molecule has 0 aromatic rings. The van der Waals surface area contributed by atoms with Gasteiger partial charge in [0, 0.05) is 6.04 Å². The number of carboxylic acids is 1. The van der Waals surface area contributed by atoms with Crippen LogP contribution < -0.4 is 5.32 Å². The first-order valence-corrected chi connectivity index (χ1v) is 7.09. The Morgan fingerprint density at radius 1 is 1.29 bits per heavy atom. The number of carboxylic acid groups (broad SMARTS) is 1. The minimum atomic E-state index is -0.708. The maximum Gasteiger partial charge on any atom is 0.323 e. The summed E-state index contributed by atoms with van der Waals surface area (Å²) in [4.78, 5) is 11.4.